The molecule has 3 amide bonds. The molecule has 9 heteroatoms. The highest BCUT2D eigenvalue weighted by atomic mass is 16.6. The number of carbonyl (C=O) groups is 3. The van der Waals surface area contributed by atoms with Crippen molar-refractivity contribution in [2.24, 2.45) is 11.8 Å². The molecule has 0 bridgehead atoms. The zero-order valence-corrected chi connectivity index (χ0v) is 18.0. The van der Waals surface area contributed by atoms with E-state index in [0.717, 1.165) is 29.0 Å². The Balaban J connectivity index is 1.52. The Morgan fingerprint density at radius 1 is 1.06 bits per heavy atom. The van der Waals surface area contributed by atoms with Crippen molar-refractivity contribution < 1.29 is 19.3 Å². The lowest BCUT2D eigenvalue weighted by atomic mass is 9.75. The summed E-state index contributed by atoms with van der Waals surface area (Å²) in [6.45, 7) is 3.04. The van der Waals surface area contributed by atoms with Gasteiger partial charge in [-0.05, 0) is 44.5 Å². The molecule has 0 aromatic heterocycles. The molecule has 3 fully saturated rings. The number of amides is 3. The minimum absolute atomic E-state index is 0.116. The number of non-ortho nitro benzene ring substituents is 1. The SMILES string of the molecule is CCN1C(=O)[C@@]2(c3ccccc31)[C@H]1C(=O)N(c3ccc([N+](=O)[O-])cc3)C(=O)[C@@H]1[C@H]1CCCN12. The predicted octanol–water partition coefficient (Wildman–Crippen LogP) is 2.44. The molecule has 33 heavy (non-hydrogen) atoms. The molecule has 4 heterocycles. The number of nitro groups is 1. The summed E-state index contributed by atoms with van der Waals surface area (Å²) in [6, 6.07) is 12.8. The molecule has 1 spiro atoms. The Bertz CT molecular complexity index is 1230. The third kappa shape index (κ3) is 2.27. The van der Waals surface area contributed by atoms with E-state index in [1.165, 1.54) is 24.3 Å². The molecular weight excluding hydrogens is 424 g/mol. The van der Waals surface area contributed by atoms with Crippen LogP contribution in [-0.4, -0.2) is 46.7 Å². The maximum absolute atomic E-state index is 14.0. The van der Waals surface area contributed by atoms with Crippen LogP contribution in [0.15, 0.2) is 48.5 Å². The van der Waals surface area contributed by atoms with Crippen molar-refractivity contribution in [3.8, 4) is 0 Å². The second-order valence-electron chi connectivity index (χ2n) is 9.02. The van der Waals surface area contributed by atoms with Crippen LogP contribution in [0.1, 0.15) is 25.3 Å². The summed E-state index contributed by atoms with van der Waals surface area (Å²) in [5, 5.41) is 11.0. The number of anilines is 2. The van der Waals surface area contributed by atoms with E-state index in [-0.39, 0.29) is 23.5 Å². The molecule has 168 valence electrons. The summed E-state index contributed by atoms with van der Waals surface area (Å²) in [4.78, 5) is 57.2. The lowest BCUT2D eigenvalue weighted by Crippen LogP contribution is -2.56. The Morgan fingerprint density at radius 2 is 1.79 bits per heavy atom. The molecule has 4 aliphatic heterocycles. The number of hydrogen-bond acceptors (Lipinski definition) is 6. The smallest absolute Gasteiger partial charge is 0.269 e. The highest BCUT2D eigenvalue weighted by Crippen LogP contribution is 2.61. The minimum atomic E-state index is -1.19. The topological polar surface area (TPSA) is 104 Å². The van der Waals surface area contributed by atoms with Gasteiger partial charge in [-0.15, -0.1) is 0 Å². The van der Waals surface area contributed by atoms with E-state index < -0.39 is 28.2 Å². The van der Waals surface area contributed by atoms with Crippen LogP contribution in [0.25, 0.3) is 0 Å². The highest BCUT2D eigenvalue weighted by Gasteiger charge is 2.75. The van der Waals surface area contributed by atoms with Crippen molar-refractivity contribution in [1.29, 1.82) is 0 Å². The van der Waals surface area contributed by atoms with E-state index in [2.05, 4.69) is 4.90 Å². The minimum Gasteiger partial charge on any atom is -0.310 e. The number of nitrogens with zero attached hydrogens (tertiary/aromatic N) is 4. The van der Waals surface area contributed by atoms with Gasteiger partial charge in [0.1, 0.15) is 5.54 Å². The molecule has 3 saturated heterocycles. The van der Waals surface area contributed by atoms with Gasteiger partial charge in [0.25, 0.3) is 11.6 Å². The van der Waals surface area contributed by atoms with Crippen LogP contribution in [0, 0.1) is 22.0 Å². The maximum Gasteiger partial charge on any atom is 0.269 e. The fourth-order valence-electron chi connectivity index (χ4n) is 6.63. The quantitative estimate of drug-likeness (QED) is 0.408. The lowest BCUT2D eigenvalue weighted by molar-refractivity contribution is -0.384. The van der Waals surface area contributed by atoms with Crippen molar-refractivity contribution in [3.05, 3.63) is 64.2 Å². The van der Waals surface area contributed by atoms with Gasteiger partial charge in [0.2, 0.25) is 11.8 Å². The van der Waals surface area contributed by atoms with Gasteiger partial charge < -0.3 is 4.90 Å². The Labute approximate surface area is 189 Å². The number of likely N-dealkylation sites (N-methyl/N-ethyl adjacent to an activating group) is 1. The second kappa shape index (κ2) is 6.71. The first-order valence-corrected chi connectivity index (χ1v) is 11.2. The van der Waals surface area contributed by atoms with Crippen molar-refractivity contribution >= 4 is 34.8 Å². The van der Waals surface area contributed by atoms with Crippen molar-refractivity contribution in [3.63, 3.8) is 0 Å². The first-order valence-electron chi connectivity index (χ1n) is 11.2. The first-order chi connectivity index (χ1) is 15.9. The summed E-state index contributed by atoms with van der Waals surface area (Å²) < 4.78 is 0. The third-order valence-corrected chi connectivity index (χ3v) is 7.78. The number of carbonyl (C=O) groups excluding carboxylic acids is 3. The number of fused-ring (bicyclic) bond motifs is 7. The lowest BCUT2D eigenvalue weighted by Gasteiger charge is -2.37. The number of imide groups is 1. The number of benzene rings is 2. The van der Waals surface area contributed by atoms with Gasteiger partial charge in [-0.3, -0.25) is 29.4 Å². The standard InChI is InChI=1S/C24H22N4O5/c1-2-25-17-7-4-3-6-16(17)24(23(25)31)20-19(18-8-5-13-26(18)24)21(29)27(22(20)30)14-9-11-15(12-10-14)28(32)33/h3-4,6-7,9-12,18-20H,2,5,8,13H2,1H3/t18-,19-,20-,24-/m1/s1. The molecule has 0 N–H and O–H groups in total. The van der Waals surface area contributed by atoms with Crippen molar-refractivity contribution in [2.75, 3.05) is 22.9 Å². The average Bonchev–Trinajstić information content (AvgIpc) is 3.51. The molecule has 6 rings (SSSR count). The summed E-state index contributed by atoms with van der Waals surface area (Å²) in [5.74, 6) is -2.32. The largest absolute Gasteiger partial charge is 0.310 e. The molecular formula is C24H22N4O5. The molecule has 0 unspecified atom stereocenters. The number of nitro benzene ring substituents is 1. The van der Waals surface area contributed by atoms with E-state index in [1.54, 1.807) is 4.90 Å². The monoisotopic (exact) mass is 446 g/mol. The van der Waals surface area contributed by atoms with Gasteiger partial charge in [-0.25, -0.2) is 4.90 Å². The summed E-state index contributed by atoms with van der Waals surface area (Å²) in [6.07, 6.45) is 1.60. The van der Waals surface area contributed by atoms with E-state index in [0.29, 0.717) is 18.8 Å². The maximum atomic E-state index is 14.0. The molecule has 2 aromatic rings. The third-order valence-electron chi connectivity index (χ3n) is 7.78. The normalized spacial score (nSPS) is 30.3. The molecule has 0 radical (unpaired) electrons. The van der Waals surface area contributed by atoms with Crippen LogP contribution in [0.2, 0.25) is 0 Å². The highest BCUT2D eigenvalue weighted by molar-refractivity contribution is 6.26. The van der Waals surface area contributed by atoms with Crippen LogP contribution in [0.5, 0.6) is 0 Å². The van der Waals surface area contributed by atoms with Crippen LogP contribution in [0.4, 0.5) is 17.1 Å². The van der Waals surface area contributed by atoms with Crippen molar-refractivity contribution in [2.45, 2.75) is 31.3 Å². The van der Waals surface area contributed by atoms with Gasteiger partial charge in [-0.1, -0.05) is 18.2 Å². The van der Waals surface area contributed by atoms with Crippen LogP contribution < -0.4 is 9.80 Å². The molecule has 4 aliphatic rings. The fraction of sp³-hybridized carbons (Fsp3) is 0.375. The fourth-order valence-corrected chi connectivity index (χ4v) is 6.63. The van der Waals surface area contributed by atoms with Gasteiger partial charge in [-0.2, -0.15) is 0 Å². The molecule has 4 atom stereocenters. The predicted molar refractivity (Wildman–Crippen MR) is 118 cm³/mol. The van der Waals surface area contributed by atoms with Crippen molar-refractivity contribution in [1.82, 2.24) is 4.90 Å². The average molecular weight is 446 g/mol. The molecule has 0 saturated carbocycles. The molecule has 2 aromatic carbocycles. The van der Waals surface area contributed by atoms with E-state index >= 15 is 0 Å². The number of para-hydroxylation sites is 1. The Kier molecular flexibility index (Phi) is 4.08. The zero-order chi connectivity index (χ0) is 23.1. The van der Waals surface area contributed by atoms with Gasteiger partial charge in [0.15, 0.2) is 0 Å². The molecule has 9 nitrogen and oxygen atoms in total. The van der Waals surface area contributed by atoms with Gasteiger partial charge >= 0.3 is 0 Å². The van der Waals surface area contributed by atoms with Crippen LogP contribution >= 0.6 is 0 Å². The van der Waals surface area contributed by atoms with E-state index in [4.69, 9.17) is 0 Å². The first kappa shape index (κ1) is 20.0. The number of hydrogen-bond donors (Lipinski definition) is 0. The second-order valence-corrected chi connectivity index (χ2v) is 9.02. The Morgan fingerprint density at radius 3 is 2.48 bits per heavy atom. The summed E-state index contributed by atoms with van der Waals surface area (Å²) >= 11 is 0. The Hall–Kier alpha value is -3.59. The summed E-state index contributed by atoms with van der Waals surface area (Å²) in [7, 11) is 0. The zero-order valence-electron chi connectivity index (χ0n) is 18.0. The number of rotatable bonds is 3. The summed E-state index contributed by atoms with van der Waals surface area (Å²) in [5.41, 5.74) is 0.583. The van der Waals surface area contributed by atoms with Crippen LogP contribution in [-0.2, 0) is 19.9 Å². The van der Waals surface area contributed by atoms with Gasteiger partial charge in [0.05, 0.1) is 22.4 Å². The van der Waals surface area contributed by atoms with E-state index in [1.807, 2.05) is 31.2 Å². The van der Waals surface area contributed by atoms with Crippen LogP contribution in [0.3, 0.4) is 0 Å². The van der Waals surface area contributed by atoms with E-state index in [9.17, 15) is 24.5 Å². The molecule has 0 aliphatic carbocycles. The van der Waals surface area contributed by atoms with Gasteiger partial charge in [0, 0.05) is 36.0 Å².